The Morgan fingerprint density at radius 3 is 1.83 bits per heavy atom. The second-order valence-corrected chi connectivity index (χ2v) is 6.12. The summed E-state index contributed by atoms with van der Waals surface area (Å²) in [7, 11) is 0. The minimum absolute atomic E-state index is 0.798. The lowest BCUT2D eigenvalue weighted by atomic mass is 10.1. The van der Waals surface area contributed by atoms with Crippen LogP contribution >= 0.6 is 0 Å². The summed E-state index contributed by atoms with van der Waals surface area (Å²) in [6.07, 6.45) is 0. The second-order valence-electron chi connectivity index (χ2n) is 6.12. The minimum atomic E-state index is 0.798. The molecule has 0 aliphatic rings. The van der Waals surface area contributed by atoms with E-state index in [0.717, 1.165) is 28.6 Å². The van der Waals surface area contributed by atoms with Crippen molar-refractivity contribution in [2.45, 2.75) is 27.7 Å². The Kier molecular flexibility index (Phi) is 4.57. The molecule has 0 aliphatic carbocycles. The van der Waals surface area contributed by atoms with Crippen molar-refractivity contribution in [3.05, 3.63) is 82.9 Å². The van der Waals surface area contributed by atoms with Gasteiger partial charge in [-0.05, 0) is 92.4 Å². The highest BCUT2D eigenvalue weighted by Crippen LogP contribution is 2.29. The van der Waals surface area contributed by atoms with E-state index in [0.29, 0.717) is 0 Å². The Bertz CT molecular complexity index is 848. The molecule has 3 aromatic carbocycles. The zero-order valence-electron chi connectivity index (χ0n) is 14.6. The normalized spacial score (nSPS) is 10.5. The molecule has 24 heavy (non-hydrogen) atoms. The van der Waals surface area contributed by atoms with Gasteiger partial charge >= 0.3 is 0 Å². The average Bonchev–Trinajstić information content (AvgIpc) is 2.57. The maximum Gasteiger partial charge on any atom is 0.130 e. The average molecular weight is 318 g/mol. The molecule has 3 rings (SSSR count). The van der Waals surface area contributed by atoms with Crippen molar-refractivity contribution < 1.29 is 9.47 Å². The molecule has 0 fully saturated rings. The third kappa shape index (κ3) is 3.60. The van der Waals surface area contributed by atoms with Crippen LogP contribution in [0.4, 0.5) is 0 Å². The van der Waals surface area contributed by atoms with Crippen LogP contribution in [0.3, 0.4) is 0 Å². The van der Waals surface area contributed by atoms with Crippen molar-refractivity contribution >= 4 is 0 Å². The molecule has 2 heteroatoms. The summed E-state index contributed by atoms with van der Waals surface area (Å²) in [6, 6.07) is 19.9. The first-order valence-electron chi connectivity index (χ1n) is 8.12. The van der Waals surface area contributed by atoms with Crippen LogP contribution in [0.25, 0.3) is 0 Å². The quantitative estimate of drug-likeness (QED) is 0.546. The first-order chi connectivity index (χ1) is 11.5. The lowest BCUT2D eigenvalue weighted by molar-refractivity contribution is 0.467. The third-order valence-corrected chi connectivity index (χ3v) is 4.32. The molecule has 0 aromatic heterocycles. The largest absolute Gasteiger partial charge is 0.457 e. The minimum Gasteiger partial charge on any atom is -0.457 e. The molecule has 0 saturated heterocycles. The number of hydrogen-bond acceptors (Lipinski definition) is 2. The van der Waals surface area contributed by atoms with Gasteiger partial charge in [-0.2, -0.15) is 0 Å². The molecule has 0 radical (unpaired) electrons. The lowest BCUT2D eigenvalue weighted by Crippen LogP contribution is -1.90. The Morgan fingerprint density at radius 1 is 0.542 bits per heavy atom. The van der Waals surface area contributed by atoms with E-state index >= 15 is 0 Å². The summed E-state index contributed by atoms with van der Waals surface area (Å²) in [5, 5.41) is 0. The van der Waals surface area contributed by atoms with Crippen LogP contribution in [0.15, 0.2) is 60.7 Å². The van der Waals surface area contributed by atoms with E-state index in [2.05, 4.69) is 45.9 Å². The molecule has 3 aromatic rings. The van der Waals surface area contributed by atoms with Crippen LogP contribution < -0.4 is 9.47 Å². The van der Waals surface area contributed by atoms with E-state index in [4.69, 9.17) is 9.47 Å². The summed E-state index contributed by atoms with van der Waals surface area (Å²) >= 11 is 0. The van der Waals surface area contributed by atoms with E-state index in [1.165, 1.54) is 16.7 Å². The summed E-state index contributed by atoms with van der Waals surface area (Å²) in [5.41, 5.74) is 4.87. The van der Waals surface area contributed by atoms with Crippen LogP contribution in [-0.4, -0.2) is 0 Å². The highest BCUT2D eigenvalue weighted by molar-refractivity contribution is 5.43. The summed E-state index contributed by atoms with van der Waals surface area (Å²) in [6.45, 7) is 8.34. The van der Waals surface area contributed by atoms with Gasteiger partial charge < -0.3 is 9.47 Å². The maximum atomic E-state index is 5.97. The van der Waals surface area contributed by atoms with Crippen LogP contribution in [-0.2, 0) is 0 Å². The van der Waals surface area contributed by atoms with E-state index in [9.17, 15) is 0 Å². The standard InChI is InChI=1S/C22H22O2/c1-15-8-9-21(14-17(15)3)23-19-10-12-20(13-11-19)24-22-7-5-6-16(2)18(22)4/h5-14H,1-4H3. The second kappa shape index (κ2) is 6.79. The molecule has 0 bridgehead atoms. The fraction of sp³-hybridized carbons (Fsp3) is 0.182. The van der Waals surface area contributed by atoms with Gasteiger partial charge in [-0.25, -0.2) is 0 Å². The van der Waals surface area contributed by atoms with Crippen molar-refractivity contribution in [1.82, 2.24) is 0 Å². The molecule has 0 amide bonds. The van der Waals surface area contributed by atoms with Gasteiger partial charge in [-0.15, -0.1) is 0 Å². The zero-order valence-corrected chi connectivity index (χ0v) is 14.6. The van der Waals surface area contributed by atoms with E-state index < -0.39 is 0 Å². The highest BCUT2D eigenvalue weighted by atomic mass is 16.5. The molecule has 0 spiro atoms. The Labute approximate surface area is 143 Å². The van der Waals surface area contributed by atoms with Crippen molar-refractivity contribution in [2.75, 3.05) is 0 Å². The molecule has 0 unspecified atom stereocenters. The smallest absolute Gasteiger partial charge is 0.130 e. The van der Waals surface area contributed by atoms with Gasteiger partial charge in [0.05, 0.1) is 0 Å². The summed E-state index contributed by atoms with van der Waals surface area (Å²) in [4.78, 5) is 0. The maximum absolute atomic E-state index is 5.97. The lowest BCUT2D eigenvalue weighted by Gasteiger charge is -2.12. The van der Waals surface area contributed by atoms with E-state index in [1.54, 1.807) is 0 Å². The Balaban J connectivity index is 1.73. The highest BCUT2D eigenvalue weighted by Gasteiger charge is 2.04. The van der Waals surface area contributed by atoms with E-state index in [-0.39, 0.29) is 0 Å². The fourth-order valence-corrected chi connectivity index (χ4v) is 2.45. The van der Waals surface area contributed by atoms with Gasteiger partial charge in [-0.3, -0.25) is 0 Å². The van der Waals surface area contributed by atoms with Gasteiger partial charge in [0.2, 0.25) is 0 Å². The molecule has 0 N–H and O–H groups in total. The first-order valence-corrected chi connectivity index (χ1v) is 8.12. The van der Waals surface area contributed by atoms with Crippen molar-refractivity contribution in [1.29, 1.82) is 0 Å². The number of aryl methyl sites for hydroxylation is 3. The monoisotopic (exact) mass is 318 g/mol. The molecule has 0 atom stereocenters. The number of hydrogen-bond donors (Lipinski definition) is 0. The van der Waals surface area contributed by atoms with Crippen LogP contribution in [0.2, 0.25) is 0 Å². The van der Waals surface area contributed by atoms with Crippen molar-refractivity contribution in [2.24, 2.45) is 0 Å². The molecule has 2 nitrogen and oxygen atoms in total. The molecular formula is C22H22O2. The number of benzene rings is 3. The van der Waals surface area contributed by atoms with Crippen LogP contribution in [0.5, 0.6) is 23.0 Å². The molecule has 122 valence electrons. The van der Waals surface area contributed by atoms with Gasteiger partial charge in [-0.1, -0.05) is 18.2 Å². The molecule has 0 heterocycles. The van der Waals surface area contributed by atoms with Crippen molar-refractivity contribution in [3.63, 3.8) is 0 Å². The van der Waals surface area contributed by atoms with Gasteiger partial charge in [0.15, 0.2) is 0 Å². The Hall–Kier alpha value is -2.74. The topological polar surface area (TPSA) is 18.5 Å². The van der Waals surface area contributed by atoms with Crippen molar-refractivity contribution in [3.8, 4) is 23.0 Å². The molecule has 0 aliphatic heterocycles. The van der Waals surface area contributed by atoms with Crippen LogP contribution in [0, 0.1) is 27.7 Å². The number of ether oxygens (including phenoxy) is 2. The molecular weight excluding hydrogens is 296 g/mol. The predicted molar refractivity (Wildman–Crippen MR) is 98.4 cm³/mol. The van der Waals surface area contributed by atoms with Gasteiger partial charge in [0.1, 0.15) is 23.0 Å². The predicted octanol–water partition coefficient (Wildman–Crippen LogP) is 6.50. The van der Waals surface area contributed by atoms with E-state index in [1.807, 2.05) is 42.5 Å². The Morgan fingerprint density at radius 2 is 1.17 bits per heavy atom. The van der Waals surface area contributed by atoms with Gasteiger partial charge in [0.25, 0.3) is 0 Å². The molecule has 0 saturated carbocycles. The third-order valence-electron chi connectivity index (χ3n) is 4.32. The van der Waals surface area contributed by atoms with Gasteiger partial charge in [0, 0.05) is 0 Å². The zero-order chi connectivity index (χ0) is 17.1. The van der Waals surface area contributed by atoms with Crippen LogP contribution in [0.1, 0.15) is 22.3 Å². The first kappa shape index (κ1) is 16.1. The SMILES string of the molecule is Cc1ccc(Oc2ccc(Oc3cccc(C)c3C)cc2)cc1C. The summed E-state index contributed by atoms with van der Waals surface area (Å²) < 4.78 is 11.9. The number of rotatable bonds is 4. The fourth-order valence-electron chi connectivity index (χ4n) is 2.45. The summed E-state index contributed by atoms with van der Waals surface area (Å²) in [5.74, 6) is 3.34.